The minimum Gasteiger partial charge on any atom is -0.506 e. The van der Waals surface area contributed by atoms with Crippen LogP contribution in [0, 0.1) is 0 Å². The van der Waals surface area contributed by atoms with Crippen molar-refractivity contribution in [1.29, 1.82) is 0 Å². The molecular weight excluding hydrogens is 334 g/mol. The van der Waals surface area contributed by atoms with E-state index in [0.29, 0.717) is 28.1 Å². The summed E-state index contributed by atoms with van der Waals surface area (Å²) in [6.45, 7) is 6.02. The summed E-state index contributed by atoms with van der Waals surface area (Å²) in [5.41, 5.74) is 6.23. The van der Waals surface area contributed by atoms with Crippen LogP contribution in [0.3, 0.4) is 0 Å². The number of nitrogens with two attached hydrogens (primary N) is 1. The first-order valence-corrected chi connectivity index (χ1v) is 7.12. The predicted octanol–water partition coefficient (Wildman–Crippen LogP) is 3.94. The molecule has 4 nitrogen and oxygen atoms in total. The Hall–Kier alpha value is -0.330. The van der Waals surface area contributed by atoms with Gasteiger partial charge in [0.05, 0.1) is 16.7 Å². The zero-order valence-electron chi connectivity index (χ0n) is 11.2. The molecule has 6 heteroatoms. The third-order valence-corrected chi connectivity index (χ3v) is 3.10. The molecule has 108 valence electrons. The van der Waals surface area contributed by atoms with Crippen molar-refractivity contribution in [1.82, 2.24) is 0 Å². The van der Waals surface area contributed by atoms with E-state index in [1.54, 1.807) is 12.1 Å². The van der Waals surface area contributed by atoms with Crippen LogP contribution >= 0.6 is 27.5 Å². The maximum atomic E-state index is 9.92. The summed E-state index contributed by atoms with van der Waals surface area (Å²) < 4.78 is 0.525. The van der Waals surface area contributed by atoms with E-state index in [1.165, 1.54) is 0 Å². The standard InChI is InChI=1S/C13H19BrClNO3/c1-13(2,3)19-18-5-4-11(16)9-6-8(15)7-10(14)12(9)17/h6-7,11,17H,4-5,16H2,1-3H3/t11-/m0/s1. The number of rotatable bonds is 5. The Balaban J connectivity index is 2.57. The van der Waals surface area contributed by atoms with E-state index < -0.39 is 0 Å². The molecule has 0 radical (unpaired) electrons. The zero-order valence-corrected chi connectivity index (χ0v) is 13.6. The van der Waals surface area contributed by atoms with Gasteiger partial charge in [-0.3, -0.25) is 0 Å². The van der Waals surface area contributed by atoms with Gasteiger partial charge in [0.2, 0.25) is 0 Å². The highest BCUT2D eigenvalue weighted by Crippen LogP contribution is 2.35. The van der Waals surface area contributed by atoms with E-state index in [1.807, 2.05) is 20.8 Å². The molecule has 1 aromatic rings. The van der Waals surface area contributed by atoms with Crippen LogP contribution in [0.5, 0.6) is 5.75 Å². The summed E-state index contributed by atoms with van der Waals surface area (Å²) in [7, 11) is 0. The molecule has 0 aliphatic carbocycles. The van der Waals surface area contributed by atoms with Gasteiger partial charge >= 0.3 is 0 Å². The van der Waals surface area contributed by atoms with E-state index in [-0.39, 0.29) is 17.4 Å². The van der Waals surface area contributed by atoms with Crippen LogP contribution in [-0.2, 0) is 9.78 Å². The number of hydrogen-bond acceptors (Lipinski definition) is 4. The van der Waals surface area contributed by atoms with Gasteiger partial charge in [-0.1, -0.05) is 11.6 Å². The second-order valence-corrected chi connectivity index (χ2v) is 6.53. The fourth-order valence-electron chi connectivity index (χ4n) is 1.42. The number of phenolic OH excluding ortho intramolecular Hbond substituents is 1. The van der Waals surface area contributed by atoms with Gasteiger partial charge in [-0.2, -0.15) is 0 Å². The highest BCUT2D eigenvalue weighted by molar-refractivity contribution is 9.10. The quantitative estimate of drug-likeness (QED) is 0.478. The van der Waals surface area contributed by atoms with Gasteiger partial charge < -0.3 is 10.8 Å². The van der Waals surface area contributed by atoms with Crippen molar-refractivity contribution in [3.8, 4) is 5.75 Å². The molecule has 1 aromatic carbocycles. The molecule has 1 rings (SSSR count). The second kappa shape index (κ2) is 6.90. The molecule has 0 spiro atoms. The van der Waals surface area contributed by atoms with Crippen molar-refractivity contribution >= 4 is 27.5 Å². The Morgan fingerprint density at radius 3 is 2.63 bits per heavy atom. The minimum absolute atomic E-state index is 0.105. The monoisotopic (exact) mass is 351 g/mol. The lowest BCUT2D eigenvalue weighted by Crippen LogP contribution is -2.21. The summed E-state index contributed by atoms with van der Waals surface area (Å²) in [5.74, 6) is 0.105. The van der Waals surface area contributed by atoms with Crippen molar-refractivity contribution in [2.75, 3.05) is 6.61 Å². The molecule has 3 N–H and O–H groups in total. The highest BCUT2D eigenvalue weighted by atomic mass is 79.9. The molecule has 0 saturated heterocycles. The first-order chi connectivity index (χ1) is 8.70. The van der Waals surface area contributed by atoms with Gasteiger partial charge in [0, 0.05) is 16.6 Å². The number of halogens is 2. The topological polar surface area (TPSA) is 64.7 Å². The van der Waals surface area contributed by atoms with Crippen molar-refractivity contribution in [3.05, 3.63) is 27.2 Å². The first kappa shape index (κ1) is 16.7. The van der Waals surface area contributed by atoms with E-state index in [9.17, 15) is 5.11 Å². The molecule has 0 fully saturated rings. The molecule has 0 unspecified atom stereocenters. The van der Waals surface area contributed by atoms with E-state index >= 15 is 0 Å². The molecule has 1 atom stereocenters. The third-order valence-electron chi connectivity index (χ3n) is 2.28. The lowest BCUT2D eigenvalue weighted by atomic mass is 10.0. The van der Waals surface area contributed by atoms with Crippen LogP contribution < -0.4 is 5.73 Å². The molecular formula is C13H19BrClNO3. The molecule has 0 heterocycles. The summed E-state index contributed by atoms with van der Waals surface area (Å²) in [6.07, 6.45) is 0.510. The SMILES string of the molecule is CC(C)(C)OOCC[C@H](N)c1cc(Cl)cc(Br)c1O. The highest BCUT2D eigenvalue weighted by Gasteiger charge is 2.16. The van der Waals surface area contributed by atoms with Crippen LogP contribution in [0.4, 0.5) is 0 Å². The fraction of sp³-hybridized carbons (Fsp3) is 0.538. The normalized spacial score (nSPS) is 13.6. The lowest BCUT2D eigenvalue weighted by molar-refractivity contribution is -0.349. The van der Waals surface area contributed by atoms with Crippen molar-refractivity contribution < 1.29 is 14.9 Å². The predicted molar refractivity (Wildman–Crippen MR) is 79.2 cm³/mol. The van der Waals surface area contributed by atoms with Crippen molar-refractivity contribution in [2.24, 2.45) is 5.73 Å². The number of aromatic hydroxyl groups is 1. The zero-order chi connectivity index (χ0) is 14.6. The van der Waals surface area contributed by atoms with Gasteiger partial charge in [-0.15, -0.1) is 0 Å². The smallest absolute Gasteiger partial charge is 0.134 e. The number of hydrogen-bond donors (Lipinski definition) is 2. The minimum atomic E-state index is -0.376. The van der Waals surface area contributed by atoms with Crippen molar-refractivity contribution in [2.45, 2.75) is 38.8 Å². The molecule has 0 aliphatic rings. The molecule has 19 heavy (non-hydrogen) atoms. The second-order valence-electron chi connectivity index (χ2n) is 5.24. The molecule has 0 saturated carbocycles. The molecule has 0 aliphatic heterocycles. The van der Waals surface area contributed by atoms with Crippen LogP contribution in [0.2, 0.25) is 5.02 Å². The van der Waals surface area contributed by atoms with E-state index in [2.05, 4.69) is 15.9 Å². The Kier molecular flexibility index (Phi) is 6.08. The first-order valence-electron chi connectivity index (χ1n) is 5.95. The van der Waals surface area contributed by atoms with Crippen LogP contribution in [0.25, 0.3) is 0 Å². The Morgan fingerprint density at radius 1 is 1.42 bits per heavy atom. The summed E-state index contributed by atoms with van der Waals surface area (Å²) in [5, 5.41) is 10.4. The molecule has 0 aromatic heterocycles. The van der Waals surface area contributed by atoms with Gasteiger partial charge in [0.15, 0.2) is 0 Å². The summed E-state index contributed by atoms with van der Waals surface area (Å²) >= 11 is 9.16. The average Bonchev–Trinajstić information content (AvgIpc) is 2.27. The van der Waals surface area contributed by atoms with Crippen LogP contribution in [0.1, 0.15) is 38.8 Å². The maximum Gasteiger partial charge on any atom is 0.134 e. The van der Waals surface area contributed by atoms with E-state index in [4.69, 9.17) is 27.1 Å². The van der Waals surface area contributed by atoms with Gasteiger partial charge in [-0.05, 0) is 55.3 Å². The van der Waals surface area contributed by atoms with Crippen LogP contribution in [-0.4, -0.2) is 17.3 Å². The third kappa shape index (κ3) is 5.67. The largest absolute Gasteiger partial charge is 0.506 e. The van der Waals surface area contributed by atoms with Gasteiger partial charge in [0.25, 0.3) is 0 Å². The molecule has 0 bridgehead atoms. The average molecular weight is 353 g/mol. The summed E-state index contributed by atoms with van der Waals surface area (Å²) in [4.78, 5) is 10.2. The van der Waals surface area contributed by atoms with Gasteiger partial charge in [0.1, 0.15) is 5.75 Å². The lowest BCUT2D eigenvalue weighted by Gasteiger charge is -2.19. The van der Waals surface area contributed by atoms with E-state index in [0.717, 1.165) is 0 Å². The van der Waals surface area contributed by atoms with Gasteiger partial charge in [-0.25, -0.2) is 9.78 Å². The summed E-state index contributed by atoms with van der Waals surface area (Å²) in [6, 6.07) is 2.89. The Labute approximate surface area is 126 Å². The van der Waals surface area contributed by atoms with Crippen molar-refractivity contribution in [3.63, 3.8) is 0 Å². The maximum absolute atomic E-state index is 9.92. The number of benzene rings is 1. The fourth-order valence-corrected chi connectivity index (χ4v) is 2.25. The Morgan fingerprint density at radius 2 is 2.05 bits per heavy atom. The Bertz CT molecular complexity index is 435. The van der Waals surface area contributed by atoms with Crippen LogP contribution in [0.15, 0.2) is 16.6 Å². The number of phenols is 1. The molecule has 0 amide bonds.